The summed E-state index contributed by atoms with van der Waals surface area (Å²) in [6.45, 7) is 3.93. The highest BCUT2D eigenvalue weighted by Crippen LogP contribution is 2.35. The fraction of sp³-hybridized carbons (Fsp3) is 0.389. The average Bonchev–Trinajstić information content (AvgIpc) is 3.01. The summed E-state index contributed by atoms with van der Waals surface area (Å²) in [4.78, 5) is 4.19. The smallest absolute Gasteiger partial charge is 0.127 e. The second-order valence-electron chi connectivity index (χ2n) is 5.44. The third-order valence-corrected chi connectivity index (χ3v) is 4.02. The molecular formula is C18H22N2O. The molecule has 1 aliphatic rings. The van der Waals surface area contributed by atoms with Crippen molar-refractivity contribution in [2.75, 3.05) is 13.2 Å². The first kappa shape index (κ1) is 14.1. The van der Waals surface area contributed by atoms with Crippen molar-refractivity contribution in [2.24, 2.45) is 0 Å². The van der Waals surface area contributed by atoms with Crippen LogP contribution in [-0.2, 0) is 12.8 Å². The number of hydrogen-bond acceptors (Lipinski definition) is 3. The number of rotatable bonds is 6. The van der Waals surface area contributed by atoms with Crippen LogP contribution in [-0.4, -0.2) is 18.1 Å². The van der Waals surface area contributed by atoms with Crippen molar-refractivity contribution in [1.29, 1.82) is 0 Å². The molecule has 1 N–H and O–H groups in total. The Morgan fingerprint density at radius 2 is 2.24 bits per heavy atom. The van der Waals surface area contributed by atoms with Gasteiger partial charge >= 0.3 is 0 Å². The predicted molar refractivity (Wildman–Crippen MR) is 84.6 cm³/mol. The Hall–Kier alpha value is -1.87. The summed E-state index contributed by atoms with van der Waals surface area (Å²) in [6, 6.07) is 11.0. The Morgan fingerprint density at radius 1 is 1.29 bits per heavy atom. The molecular weight excluding hydrogens is 260 g/mol. The lowest BCUT2D eigenvalue weighted by atomic mass is 9.96. The molecule has 1 aliphatic heterocycles. The molecule has 0 bridgehead atoms. The lowest BCUT2D eigenvalue weighted by Crippen LogP contribution is -2.22. The van der Waals surface area contributed by atoms with Crippen molar-refractivity contribution >= 4 is 0 Å². The highest BCUT2D eigenvalue weighted by atomic mass is 16.5. The molecule has 21 heavy (non-hydrogen) atoms. The van der Waals surface area contributed by atoms with E-state index in [9.17, 15) is 0 Å². The van der Waals surface area contributed by atoms with E-state index in [-0.39, 0.29) is 0 Å². The van der Waals surface area contributed by atoms with E-state index in [4.69, 9.17) is 4.74 Å². The summed E-state index contributed by atoms with van der Waals surface area (Å²) in [5, 5.41) is 3.60. The fourth-order valence-corrected chi connectivity index (χ4v) is 2.99. The van der Waals surface area contributed by atoms with Gasteiger partial charge in [0.05, 0.1) is 6.61 Å². The quantitative estimate of drug-likeness (QED) is 0.882. The number of aryl methyl sites for hydroxylation is 1. The van der Waals surface area contributed by atoms with Crippen molar-refractivity contribution in [1.82, 2.24) is 10.3 Å². The molecule has 1 aromatic heterocycles. The summed E-state index contributed by atoms with van der Waals surface area (Å²) >= 11 is 0. The molecule has 110 valence electrons. The van der Waals surface area contributed by atoms with Gasteiger partial charge in [-0.05, 0) is 36.6 Å². The van der Waals surface area contributed by atoms with E-state index >= 15 is 0 Å². The van der Waals surface area contributed by atoms with Crippen LogP contribution in [0.5, 0.6) is 5.75 Å². The zero-order valence-electron chi connectivity index (χ0n) is 12.5. The molecule has 0 saturated carbocycles. The van der Waals surface area contributed by atoms with E-state index in [2.05, 4.69) is 41.5 Å². The van der Waals surface area contributed by atoms with E-state index < -0.39 is 0 Å². The number of hydrogen-bond donors (Lipinski definition) is 1. The Labute approximate surface area is 126 Å². The minimum Gasteiger partial charge on any atom is -0.493 e. The lowest BCUT2D eigenvalue weighted by Gasteiger charge is -2.20. The first-order chi connectivity index (χ1) is 10.4. The summed E-state index contributed by atoms with van der Waals surface area (Å²) < 4.78 is 5.86. The van der Waals surface area contributed by atoms with Gasteiger partial charge in [-0.25, -0.2) is 0 Å². The molecule has 0 radical (unpaired) electrons. The van der Waals surface area contributed by atoms with Crippen LogP contribution in [0, 0.1) is 0 Å². The molecule has 0 saturated heterocycles. The van der Waals surface area contributed by atoms with Gasteiger partial charge in [0.25, 0.3) is 0 Å². The number of fused-ring (bicyclic) bond motifs is 1. The summed E-state index contributed by atoms with van der Waals surface area (Å²) in [6.07, 6.45) is 6.89. The molecule has 2 aromatic rings. The summed E-state index contributed by atoms with van der Waals surface area (Å²) in [5.41, 5.74) is 3.93. The molecule has 1 aromatic carbocycles. The van der Waals surface area contributed by atoms with Gasteiger partial charge in [0.15, 0.2) is 0 Å². The van der Waals surface area contributed by atoms with Crippen molar-refractivity contribution in [3.05, 3.63) is 59.4 Å². The van der Waals surface area contributed by atoms with Crippen molar-refractivity contribution in [3.8, 4) is 5.75 Å². The van der Waals surface area contributed by atoms with E-state index in [1.54, 1.807) is 0 Å². The van der Waals surface area contributed by atoms with E-state index in [0.29, 0.717) is 6.04 Å². The van der Waals surface area contributed by atoms with E-state index in [1.807, 2.05) is 18.5 Å². The number of nitrogens with one attached hydrogen (secondary N) is 1. The second-order valence-corrected chi connectivity index (χ2v) is 5.44. The topological polar surface area (TPSA) is 34.2 Å². The van der Waals surface area contributed by atoms with Crippen molar-refractivity contribution in [2.45, 2.75) is 32.2 Å². The van der Waals surface area contributed by atoms with Crippen LogP contribution in [0.3, 0.4) is 0 Å². The fourth-order valence-electron chi connectivity index (χ4n) is 2.99. The maximum atomic E-state index is 5.86. The minimum absolute atomic E-state index is 0.336. The van der Waals surface area contributed by atoms with E-state index in [0.717, 1.165) is 38.2 Å². The number of ether oxygens (including phenoxy) is 1. The molecule has 1 atom stereocenters. The third-order valence-electron chi connectivity index (χ3n) is 4.02. The number of nitrogens with zero attached hydrogens (tertiary/aromatic N) is 1. The third kappa shape index (κ3) is 3.24. The molecule has 0 amide bonds. The Balaban J connectivity index is 1.77. The second kappa shape index (κ2) is 6.72. The van der Waals surface area contributed by atoms with Crippen LogP contribution in [0.2, 0.25) is 0 Å². The van der Waals surface area contributed by atoms with Crippen LogP contribution in [0.1, 0.15) is 36.1 Å². The van der Waals surface area contributed by atoms with Gasteiger partial charge in [-0.2, -0.15) is 0 Å². The zero-order valence-corrected chi connectivity index (χ0v) is 12.5. The minimum atomic E-state index is 0.336. The first-order valence-electron chi connectivity index (χ1n) is 7.75. The predicted octanol–water partition coefficient (Wildman–Crippen LogP) is 3.30. The summed E-state index contributed by atoms with van der Waals surface area (Å²) in [5.74, 6) is 1.11. The van der Waals surface area contributed by atoms with Gasteiger partial charge in [-0.15, -0.1) is 0 Å². The molecule has 0 spiro atoms. The number of para-hydroxylation sites is 1. The van der Waals surface area contributed by atoms with Crippen LogP contribution in [0.4, 0.5) is 0 Å². The number of pyridine rings is 1. The van der Waals surface area contributed by atoms with Crippen molar-refractivity contribution in [3.63, 3.8) is 0 Å². The van der Waals surface area contributed by atoms with Crippen LogP contribution >= 0.6 is 0 Å². The number of benzene rings is 1. The van der Waals surface area contributed by atoms with Gasteiger partial charge in [-0.1, -0.05) is 31.2 Å². The summed E-state index contributed by atoms with van der Waals surface area (Å²) in [7, 11) is 0. The average molecular weight is 282 g/mol. The standard InChI is InChI=1S/C18H22N2O/c1-2-20-17(9-8-14-5-4-11-19-13-14)16-7-3-6-15-10-12-21-18(15)16/h3-7,11,13,17,20H,2,8-10,12H2,1H3. The molecule has 1 unspecified atom stereocenters. The van der Waals surface area contributed by atoms with Crippen LogP contribution in [0.25, 0.3) is 0 Å². The van der Waals surface area contributed by atoms with Crippen molar-refractivity contribution < 1.29 is 4.74 Å². The van der Waals surface area contributed by atoms with Gasteiger partial charge in [-0.3, -0.25) is 4.98 Å². The van der Waals surface area contributed by atoms with E-state index in [1.165, 1.54) is 16.7 Å². The monoisotopic (exact) mass is 282 g/mol. The molecule has 3 nitrogen and oxygen atoms in total. The first-order valence-corrected chi connectivity index (χ1v) is 7.75. The maximum Gasteiger partial charge on any atom is 0.127 e. The zero-order chi connectivity index (χ0) is 14.5. The lowest BCUT2D eigenvalue weighted by molar-refractivity contribution is 0.347. The van der Waals surface area contributed by atoms with Gasteiger partial charge in [0.2, 0.25) is 0 Å². The van der Waals surface area contributed by atoms with Gasteiger partial charge in [0.1, 0.15) is 5.75 Å². The van der Waals surface area contributed by atoms with Crippen LogP contribution in [0.15, 0.2) is 42.7 Å². The maximum absolute atomic E-state index is 5.86. The molecule has 0 fully saturated rings. The highest BCUT2D eigenvalue weighted by molar-refractivity contribution is 5.45. The Bertz CT molecular complexity index is 583. The van der Waals surface area contributed by atoms with Crippen LogP contribution < -0.4 is 10.1 Å². The highest BCUT2D eigenvalue weighted by Gasteiger charge is 2.21. The Morgan fingerprint density at radius 3 is 3.05 bits per heavy atom. The SMILES string of the molecule is CCNC(CCc1cccnc1)c1cccc2c1OCC2. The molecule has 0 aliphatic carbocycles. The van der Waals surface area contributed by atoms with Gasteiger partial charge in [0, 0.05) is 30.4 Å². The van der Waals surface area contributed by atoms with Gasteiger partial charge < -0.3 is 10.1 Å². The molecule has 3 rings (SSSR count). The Kier molecular flexibility index (Phi) is 4.51. The normalized spacial score (nSPS) is 14.5. The molecule has 2 heterocycles. The largest absolute Gasteiger partial charge is 0.493 e. The number of aromatic nitrogens is 1. The molecule has 3 heteroatoms.